The Labute approximate surface area is 125 Å². The van der Waals surface area contributed by atoms with Crippen molar-refractivity contribution >= 4 is 11.6 Å². The largest absolute Gasteiger partial charge is 0.487 e. The Kier molecular flexibility index (Phi) is 5.05. The lowest BCUT2D eigenvalue weighted by atomic mass is 10.1. The minimum absolute atomic E-state index is 0.0249. The van der Waals surface area contributed by atoms with E-state index in [0.717, 1.165) is 17.5 Å². The normalized spacial score (nSPS) is 12.2. The van der Waals surface area contributed by atoms with Crippen LogP contribution in [0.4, 0.5) is 0 Å². The molecule has 2 N–H and O–H groups in total. The average molecular weight is 290 g/mol. The van der Waals surface area contributed by atoms with Crippen molar-refractivity contribution in [1.82, 2.24) is 0 Å². The molecule has 2 aromatic rings. The zero-order valence-electron chi connectivity index (χ0n) is 11.9. The summed E-state index contributed by atoms with van der Waals surface area (Å²) in [5.74, 6) is 0.690. The van der Waals surface area contributed by atoms with Gasteiger partial charge in [0.1, 0.15) is 12.4 Å². The molecule has 0 aliphatic rings. The topological polar surface area (TPSA) is 35.2 Å². The summed E-state index contributed by atoms with van der Waals surface area (Å²) < 4.78 is 5.76. The van der Waals surface area contributed by atoms with Crippen LogP contribution in [0.15, 0.2) is 42.5 Å². The zero-order valence-corrected chi connectivity index (χ0v) is 12.7. The summed E-state index contributed by atoms with van der Waals surface area (Å²) in [5, 5.41) is 0.602. The maximum atomic E-state index is 6.21. The second kappa shape index (κ2) is 6.78. The first-order valence-electron chi connectivity index (χ1n) is 6.85. The fraction of sp³-hybridized carbons (Fsp3) is 0.294. The predicted octanol–water partition coefficient (Wildman–Crippen LogP) is 4.50. The molecule has 20 heavy (non-hydrogen) atoms. The summed E-state index contributed by atoms with van der Waals surface area (Å²) in [5.41, 5.74) is 9.30. The van der Waals surface area contributed by atoms with Crippen molar-refractivity contribution in [3.05, 3.63) is 64.2 Å². The van der Waals surface area contributed by atoms with Gasteiger partial charge in [-0.25, -0.2) is 0 Å². The van der Waals surface area contributed by atoms with Gasteiger partial charge in [0.2, 0.25) is 0 Å². The number of halogens is 1. The van der Waals surface area contributed by atoms with Gasteiger partial charge in [-0.05, 0) is 42.2 Å². The van der Waals surface area contributed by atoms with Crippen LogP contribution in [-0.2, 0) is 13.0 Å². The molecule has 0 saturated heterocycles. The first-order valence-corrected chi connectivity index (χ1v) is 7.23. The Morgan fingerprint density at radius 3 is 2.30 bits per heavy atom. The second-order valence-corrected chi connectivity index (χ2v) is 5.34. The van der Waals surface area contributed by atoms with E-state index in [4.69, 9.17) is 22.1 Å². The van der Waals surface area contributed by atoms with Gasteiger partial charge >= 0.3 is 0 Å². The molecule has 0 radical (unpaired) electrons. The third-order valence-electron chi connectivity index (χ3n) is 3.31. The minimum Gasteiger partial charge on any atom is -0.487 e. The van der Waals surface area contributed by atoms with Crippen molar-refractivity contribution < 1.29 is 4.74 Å². The van der Waals surface area contributed by atoms with Gasteiger partial charge in [-0.3, -0.25) is 0 Å². The van der Waals surface area contributed by atoms with E-state index >= 15 is 0 Å². The number of hydrogen-bond acceptors (Lipinski definition) is 2. The average Bonchev–Trinajstić information content (AvgIpc) is 2.46. The maximum absolute atomic E-state index is 6.21. The van der Waals surface area contributed by atoms with E-state index in [0.29, 0.717) is 17.4 Å². The molecule has 0 spiro atoms. The van der Waals surface area contributed by atoms with E-state index in [9.17, 15) is 0 Å². The number of hydrogen-bond donors (Lipinski definition) is 1. The summed E-state index contributed by atoms with van der Waals surface area (Å²) >= 11 is 6.21. The Morgan fingerprint density at radius 2 is 1.75 bits per heavy atom. The number of ether oxygens (including phenoxy) is 1. The highest BCUT2D eigenvalue weighted by Gasteiger charge is 2.06. The molecule has 106 valence electrons. The Bertz CT molecular complexity index is 564. The highest BCUT2D eigenvalue weighted by molar-refractivity contribution is 6.32. The molecule has 2 rings (SSSR count). The lowest BCUT2D eigenvalue weighted by molar-refractivity contribution is 0.306. The van der Waals surface area contributed by atoms with Gasteiger partial charge in [0.15, 0.2) is 0 Å². The molecule has 3 heteroatoms. The molecular weight excluding hydrogens is 270 g/mol. The van der Waals surface area contributed by atoms with Gasteiger partial charge in [-0.1, -0.05) is 48.9 Å². The highest BCUT2D eigenvalue weighted by atomic mass is 35.5. The first-order chi connectivity index (χ1) is 9.60. The summed E-state index contributed by atoms with van der Waals surface area (Å²) in [6.45, 7) is 4.59. The quantitative estimate of drug-likeness (QED) is 0.879. The van der Waals surface area contributed by atoms with E-state index in [1.54, 1.807) is 0 Å². The van der Waals surface area contributed by atoms with Crippen LogP contribution in [-0.4, -0.2) is 0 Å². The van der Waals surface area contributed by atoms with Crippen LogP contribution in [0.3, 0.4) is 0 Å². The monoisotopic (exact) mass is 289 g/mol. The van der Waals surface area contributed by atoms with Gasteiger partial charge in [0, 0.05) is 6.04 Å². The fourth-order valence-electron chi connectivity index (χ4n) is 1.95. The van der Waals surface area contributed by atoms with Crippen molar-refractivity contribution in [3.8, 4) is 5.75 Å². The lowest BCUT2D eigenvalue weighted by Gasteiger charge is -2.11. The molecule has 0 aromatic heterocycles. The maximum Gasteiger partial charge on any atom is 0.138 e. The molecular formula is C17H20ClNO. The molecule has 0 amide bonds. The second-order valence-electron chi connectivity index (χ2n) is 4.94. The molecule has 2 nitrogen and oxygen atoms in total. The van der Waals surface area contributed by atoms with Crippen molar-refractivity contribution in [3.63, 3.8) is 0 Å². The van der Waals surface area contributed by atoms with Crippen molar-refractivity contribution in [1.29, 1.82) is 0 Å². The van der Waals surface area contributed by atoms with Gasteiger partial charge in [0.25, 0.3) is 0 Å². The zero-order chi connectivity index (χ0) is 14.5. The van der Waals surface area contributed by atoms with Crippen LogP contribution in [0.1, 0.15) is 36.6 Å². The lowest BCUT2D eigenvalue weighted by Crippen LogP contribution is -2.05. The smallest absolute Gasteiger partial charge is 0.138 e. The fourth-order valence-corrected chi connectivity index (χ4v) is 2.19. The summed E-state index contributed by atoms with van der Waals surface area (Å²) in [7, 11) is 0. The van der Waals surface area contributed by atoms with Crippen molar-refractivity contribution in [2.45, 2.75) is 32.9 Å². The Morgan fingerprint density at radius 1 is 1.10 bits per heavy atom. The molecule has 0 aliphatic heterocycles. The Balaban J connectivity index is 2.03. The number of benzene rings is 2. The van der Waals surface area contributed by atoms with Crippen molar-refractivity contribution in [2.24, 2.45) is 5.73 Å². The molecule has 0 aliphatic carbocycles. The molecule has 0 heterocycles. The summed E-state index contributed by atoms with van der Waals surface area (Å²) in [6, 6.07) is 14.1. The minimum atomic E-state index is -0.0249. The first kappa shape index (κ1) is 14.9. The molecule has 0 bridgehead atoms. The molecule has 1 atom stereocenters. The van der Waals surface area contributed by atoms with Crippen LogP contribution < -0.4 is 10.5 Å². The molecule has 0 unspecified atom stereocenters. The van der Waals surface area contributed by atoms with E-state index < -0.39 is 0 Å². The van der Waals surface area contributed by atoms with Crippen LogP contribution in [0.5, 0.6) is 5.75 Å². The van der Waals surface area contributed by atoms with Gasteiger partial charge in [-0.2, -0.15) is 0 Å². The van der Waals surface area contributed by atoms with Gasteiger partial charge < -0.3 is 10.5 Å². The summed E-state index contributed by atoms with van der Waals surface area (Å²) in [4.78, 5) is 0. The number of rotatable bonds is 5. The molecule has 0 fully saturated rings. The molecule has 0 saturated carbocycles. The van der Waals surface area contributed by atoms with Gasteiger partial charge in [0.05, 0.1) is 5.02 Å². The number of nitrogens with two attached hydrogens (primary N) is 1. The van der Waals surface area contributed by atoms with Crippen LogP contribution >= 0.6 is 11.6 Å². The summed E-state index contributed by atoms with van der Waals surface area (Å²) in [6.07, 6.45) is 1.05. The SMILES string of the molecule is CCc1ccc(COc2ccc([C@H](C)N)cc2Cl)cc1. The third kappa shape index (κ3) is 3.75. The van der Waals surface area contributed by atoms with E-state index in [2.05, 4.69) is 31.2 Å². The highest BCUT2D eigenvalue weighted by Crippen LogP contribution is 2.28. The van der Waals surface area contributed by atoms with E-state index in [-0.39, 0.29) is 6.04 Å². The van der Waals surface area contributed by atoms with Crippen molar-refractivity contribution in [2.75, 3.05) is 0 Å². The third-order valence-corrected chi connectivity index (χ3v) is 3.60. The van der Waals surface area contributed by atoms with Gasteiger partial charge in [-0.15, -0.1) is 0 Å². The molecule has 2 aromatic carbocycles. The van der Waals surface area contributed by atoms with E-state index in [1.165, 1.54) is 5.56 Å². The predicted molar refractivity (Wildman–Crippen MR) is 84.2 cm³/mol. The Hall–Kier alpha value is -1.51. The number of aryl methyl sites for hydroxylation is 1. The van der Waals surface area contributed by atoms with Crippen LogP contribution in [0, 0.1) is 0 Å². The van der Waals surface area contributed by atoms with Crippen LogP contribution in [0.25, 0.3) is 0 Å². The van der Waals surface area contributed by atoms with Crippen LogP contribution in [0.2, 0.25) is 5.02 Å². The standard InChI is InChI=1S/C17H20ClNO/c1-3-13-4-6-14(7-5-13)11-20-17-9-8-15(12(2)19)10-16(17)18/h4-10,12H,3,11,19H2,1-2H3/t12-/m0/s1. The van der Waals surface area contributed by atoms with E-state index in [1.807, 2.05) is 25.1 Å².